The molecule has 0 radical (unpaired) electrons. The van der Waals surface area contributed by atoms with Gasteiger partial charge in [-0.3, -0.25) is 4.79 Å². The van der Waals surface area contributed by atoms with Crippen LogP contribution in [0.25, 0.3) is 0 Å². The first-order chi connectivity index (χ1) is 11.3. The Balaban J connectivity index is 1.47. The summed E-state index contributed by atoms with van der Waals surface area (Å²) in [5.41, 5.74) is 3.63. The number of carbonyl (C=O) groups excluding carboxylic acids is 1. The molecule has 3 heterocycles. The van der Waals surface area contributed by atoms with Gasteiger partial charge in [0.1, 0.15) is 12.0 Å². The van der Waals surface area contributed by atoms with Crippen LogP contribution in [-0.4, -0.2) is 35.6 Å². The highest BCUT2D eigenvalue weighted by molar-refractivity contribution is 5.78. The molecule has 1 fully saturated rings. The fraction of sp³-hybridized carbons (Fsp3) is 0.444. The van der Waals surface area contributed by atoms with E-state index in [2.05, 4.69) is 34.3 Å². The van der Waals surface area contributed by atoms with E-state index in [-0.39, 0.29) is 0 Å². The molecule has 23 heavy (non-hydrogen) atoms. The Morgan fingerprint density at radius 2 is 2.13 bits per heavy atom. The smallest absolute Gasteiger partial charge is 0.222 e. The van der Waals surface area contributed by atoms with Crippen molar-refractivity contribution in [2.24, 2.45) is 0 Å². The highest BCUT2D eigenvalue weighted by atomic mass is 16.5. The summed E-state index contributed by atoms with van der Waals surface area (Å²) in [6.07, 6.45) is 4.38. The normalized spacial score (nSPS) is 20.3. The van der Waals surface area contributed by atoms with Crippen LogP contribution in [0, 0.1) is 0 Å². The number of rotatable bonds is 5. The largest absolute Gasteiger partial charge is 0.365 e. The molecule has 1 amide bonds. The van der Waals surface area contributed by atoms with Gasteiger partial charge in [0.2, 0.25) is 5.91 Å². The van der Waals surface area contributed by atoms with Gasteiger partial charge in [0.15, 0.2) is 0 Å². The van der Waals surface area contributed by atoms with Gasteiger partial charge in [0, 0.05) is 43.7 Å². The molecule has 1 atom stereocenters. The standard InChI is InChI=1S/C18H21N3O2/c22-18-6-3-9-20(18)10-7-14-12-21(13-15-8-11-23-19-15)17-5-2-1-4-16(14)17/h1-2,4-5,8,11,14H,3,6-7,9-10,12-13H2/t14-/m0/s1. The fourth-order valence-corrected chi connectivity index (χ4v) is 3.75. The minimum Gasteiger partial charge on any atom is -0.365 e. The molecule has 0 spiro atoms. The molecule has 4 rings (SSSR count). The first-order valence-corrected chi connectivity index (χ1v) is 8.32. The second-order valence-corrected chi connectivity index (χ2v) is 6.40. The van der Waals surface area contributed by atoms with Crippen LogP contribution in [0.2, 0.25) is 0 Å². The summed E-state index contributed by atoms with van der Waals surface area (Å²) in [4.78, 5) is 16.2. The van der Waals surface area contributed by atoms with Crippen molar-refractivity contribution in [2.75, 3.05) is 24.5 Å². The molecule has 1 aromatic carbocycles. The van der Waals surface area contributed by atoms with E-state index in [0.29, 0.717) is 11.8 Å². The van der Waals surface area contributed by atoms with Crippen LogP contribution in [0.1, 0.15) is 36.4 Å². The summed E-state index contributed by atoms with van der Waals surface area (Å²) >= 11 is 0. The zero-order valence-electron chi connectivity index (χ0n) is 13.1. The quantitative estimate of drug-likeness (QED) is 0.852. The predicted octanol–water partition coefficient (Wildman–Crippen LogP) is 2.79. The highest BCUT2D eigenvalue weighted by Crippen LogP contribution is 2.38. The second-order valence-electron chi connectivity index (χ2n) is 6.40. The average Bonchev–Trinajstić information content (AvgIpc) is 3.28. The minimum atomic E-state index is 0.315. The number of aromatic nitrogens is 1. The van der Waals surface area contributed by atoms with Crippen LogP contribution in [0.4, 0.5) is 5.69 Å². The van der Waals surface area contributed by atoms with Gasteiger partial charge in [0.25, 0.3) is 0 Å². The average molecular weight is 311 g/mol. The molecule has 0 aliphatic carbocycles. The number of likely N-dealkylation sites (tertiary alicyclic amines) is 1. The molecule has 1 saturated heterocycles. The Hall–Kier alpha value is -2.30. The fourth-order valence-electron chi connectivity index (χ4n) is 3.75. The van der Waals surface area contributed by atoms with Gasteiger partial charge in [-0.1, -0.05) is 23.4 Å². The van der Waals surface area contributed by atoms with E-state index in [4.69, 9.17) is 4.52 Å². The summed E-state index contributed by atoms with van der Waals surface area (Å²) < 4.78 is 4.95. The number of fused-ring (bicyclic) bond motifs is 1. The Labute approximate surface area is 135 Å². The van der Waals surface area contributed by atoms with Crippen LogP contribution >= 0.6 is 0 Å². The molecular weight excluding hydrogens is 290 g/mol. The summed E-state index contributed by atoms with van der Waals surface area (Å²) in [6, 6.07) is 10.5. The predicted molar refractivity (Wildman–Crippen MR) is 87.2 cm³/mol. The van der Waals surface area contributed by atoms with Crippen LogP contribution in [0.15, 0.2) is 41.1 Å². The van der Waals surface area contributed by atoms with Crippen LogP contribution in [0.5, 0.6) is 0 Å². The number of hydrogen-bond acceptors (Lipinski definition) is 4. The minimum absolute atomic E-state index is 0.315. The lowest BCUT2D eigenvalue weighted by molar-refractivity contribution is -0.127. The van der Waals surface area contributed by atoms with E-state index in [1.165, 1.54) is 11.3 Å². The Bertz CT molecular complexity index is 683. The molecule has 2 aliphatic rings. The Kier molecular flexibility index (Phi) is 3.77. The van der Waals surface area contributed by atoms with Gasteiger partial charge in [-0.05, 0) is 24.5 Å². The molecule has 2 aromatic rings. The van der Waals surface area contributed by atoms with E-state index in [0.717, 1.165) is 51.1 Å². The molecule has 0 unspecified atom stereocenters. The molecule has 0 N–H and O–H groups in total. The zero-order chi connectivity index (χ0) is 15.6. The van der Waals surface area contributed by atoms with Gasteiger partial charge >= 0.3 is 0 Å². The Morgan fingerprint density at radius 1 is 1.22 bits per heavy atom. The van der Waals surface area contributed by atoms with Crippen molar-refractivity contribution in [2.45, 2.75) is 31.7 Å². The summed E-state index contributed by atoms with van der Waals surface area (Å²) in [7, 11) is 0. The summed E-state index contributed by atoms with van der Waals surface area (Å²) in [5.74, 6) is 0.794. The molecule has 0 saturated carbocycles. The number of anilines is 1. The van der Waals surface area contributed by atoms with Gasteiger partial charge in [-0.25, -0.2) is 0 Å². The second kappa shape index (κ2) is 6.07. The van der Waals surface area contributed by atoms with Crippen molar-refractivity contribution in [3.8, 4) is 0 Å². The number of para-hydroxylation sites is 1. The monoisotopic (exact) mass is 311 g/mol. The summed E-state index contributed by atoms with van der Waals surface area (Å²) in [6.45, 7) is 3.55. The lowest BCUT2D eigenvalue weighted by Crippen LogP contribution is -2.28. The third kappa shape index (κ3) is 2.83. The van der Waals surface area contributed by atoms with Crippen LogP contribution in [-0.2, 0) is 11.3 Å². The van der Waals surface area contributed by atoms with Gasteiger partial charge < -0.3 is 14.3 Å². The van der Waals surface area contributed by atoms with Crippen LogP contribution < -0.4 is 4.90 Å². The van der Waals surface area contributed by atoms with E-state index in [1.807, 2.05) is 11.0 Å². The number of carbonyl (C=O) groups is 1. The number of amides is 1. The lowest BCUT2D eigenvalue weighted by atomic mass is 9.98. The van der Waals surface area contributed by atoms with Crippen molar-refractivity contribution in [1.82, 2.24) is 10.1 Å². The molecular formula is C18H21N3O2. The lowest BCUT2D eigenvalue weighted by Gasteiger charge is -2.20. The topological polar surface area (TPSA) is 49.6 Å². The zero-order valence-corrected chi connectivity index (χ0v) is 13.1. The van der Waals surface area contributed by atoms with E-state index in [9.17, 15) is 4.79 Å². The molecule has 5 heteroatoms. The maximum Gasteiger partial charge on any atom is 0.222 e. The van der Waals surface area contributed by atoms with Crippen molar-refractivity contribution < 1.29 is 9.32 Å². The summed E-state index contributed by atoms with van der Waals surface area (Å²) in [5, 5.41) is 4.03. The maximum atomic E-state index is 11.8. The first kappa shape index (κ1) is 14.3. The number of benzene rings is 1. The maximum absolute atomic E-state index is 11.8. The van der Waals surface area contributed by atoms with Gasteiger partial charge in [-0.2, -0.15) is 0 Å². The van der Waals surface area contributed by atoms with E-state index >= 15 is 0 Å². The van der Waals surface area contributed by atoms with Crippen molar-refractivity contribution >= 4 is 11.6 Å². The number of nitrogens with zero attached hydrogens (tertiary/aromatic N) is 3. The Morgan fingerprint density at radius 3 is 2.91 bits per heavy atom. The van der Waals surface area contributed by atoms with Crippen molar-refractivity contribution in [3.05, 3.63) is 47.9 Å². The van der Waals surface area contributed by atoms with E-state index in [1.54, 1.807) is 6.26 Å². The molecule has 5 nitrogen and oxygen atoms in total. The van der Waals surface area contributed by atoms with E-state index < -0.39 is 0 Å². The third-order valence-corrected chi connectivity index (χ3v) is 4.92. The SMILES string of the molecule is O=C1CCCN1CC[C@H]1CN(Cc2ccon2)c2ccccc21. The number of hydrogen-bond donors (Lipinski definition) is 0. The molecule has 120 valence electrons. The molecule has 1 aromatic heterocycles. The third-order valence-electron chi connectivity index (χ3n) is 4.92. The molecule has 2 aliphatic heterocycles. The van der Waals surface area contributed by atoms with Crippen molar-refractivity contribution in [1.29, 1.82) is 0 Å². The highest BCUT2D eigenvalue weighted by Gasteiger charge is 2.30. The van der Waals surface area contributed by atoms with Gasteiger partial charge in [-0.15, -0.1) is 0 Å². The van der Waals surface area contributed by atoms with Crippen LogP contribution in [0.3, 0.4) is 0 Å². The van der Waals surface area contributed by atoms with Gasteiger partial charge in [0.05, 0.1) is 6.54 Å². The molecule has 0 bridgehead atoms. The van der Waals surface area contributed by atoms with Crippen molar-refractivity contribution in [3.63, 3.8) is 0 Å². The first-order valence-electron chi connectivity index (χ1n) is 8.32.